The summed E-state index contributed by atoms with van der Waals surface area (Å²) < 4.78 is 6.91. The number of aromatic hydroxyl groups is 1. The highest BCUT2D eigenvalue weighted by Crippen LogP contribution is 2.45. The Kier molecular flexibility index (Phi) is 8.58. The Bertz CT molecular complexity index is 1250. The normalized spacial score (nSPS) is 12.2. The van der Waals surface area contributed by atoms with Gasteiger partial charge < -0.3 is 20.9 Å². The lowest BCUT2D eigenvalue weighted by atomic mass is 9.81. The standard InChI is InChI=1S/C26H25Br2N3O4/c1-26(2,13-12-22(32)31-21-11-7-6-10-20(21)29)24(18-14-16(27)15-19(28)23(18)33)35-25(34)30-17-8-4-3-5-9-17/h3-15,24,33H,29H2,1-2H3,(H,30,34)(H,31,32)/b13-12+/t24-/m0/s1. The molecule has 0 bridgehead atoms. The van der Waals surface area contributed by atoms with Gasteiger partial charge in [-0.05, 0) is 58.4 Å². The number of rotatable bonds is 7. The van der Waals surface area contributed by atoms with Crippen LogP contribution in [0.3, 0.4) is 0 Å². The van der Waals surface area contributed by atoms with Gasteiger partial charge in [0.1, 0.15) is 11.9 Å². The molecule has 3 aromatic rings. The van der Waals surface area contributed by atoms with Crippen LogP contribution in [0.15, 0.2) is 87.8 Å². The molecule has 7 nitrogen and oxygen atoms in total. The number of carbonyl (C=O) groups is 2. The molecule has 5 N–H and O–H groups in total. The van der Waals surface area contributed by atoms with E-state index >= 15 is 0 Å². The Morgan fingerprint density at radius 2 is 1.69 bits per heavy atom. The molecule has 35 heavy (non-hydrogen) atoms. The van der Waals surface area contributed by atoms with Crippen LogP contribution in [0, 0.1) is 5.41 Å². The summed E-state index contributed by atoms with van der Waals surface area (Å²) in [6.45, 7) is 3.59. The Morgan fingerprint density at radius 3 is 2.37 bits per heavy atom. The summed E-state index contributed by atoms with van der Waals surface area (Å²) in [6.07, 6.45) is 1.31. The minimum atomic E-state index is -0.953. The maximum atomic E-state index is 12.8. The van der Waals surface area contributed by atoms with E-state index in [4.69, 9.17) is 10.5 Å². The lowest BCUT2D eigenvalue weighted by molar-refractivity contribution is -0.112. The number of amides is 2. The fraction of sp³-hybridized carbons (Fsp3) is 0.154. The molecule has 0 radical (unpaired) electrons. The number of carbonyl (C=O) groups excluding carboxylic acids is 2. The van der Waals surface area contributed by atoms with Gasteiger partial charge >= 0.3 is 6.09 Å². The van der Waals surface area contributed by atoms with Gasteiger partial charge in [0, 0.05) is 21.1 Å². The molecule has 0 saturated heterocycles. The van der Waals surface area contributed by atoms with E-state index in [1.165, 1.54) is 6.08 Å². The quantitative estimate of drug-likeness (QED) is 0.172. The third-order valence-corrected chi connectivity index (χ3v) is 6.21. The van der Waals surface area contributed by atoms with Crippen molar-refractivity contribution in [1.82, 2.24) is 0 Å². The van der Waals surface area contributed by atoms with Gasteiger partial charge in [-0.15, -0.1) is 0 Å². The molecule has 2 amide bonds. The van der Waals surface area contributed by atoms with Gasteiger partial charge in [-0.2, -0.15) is 0 Å². The molecule has 0 spiro atoms. The fourth-order valence-corrected chi connectivity index (χ4v) is 4.60. The minimum Gasteiger partial charge on any atom is -0.506 e. The van der Waals surface area contributed by atoms with Crippen LogP contribution in [0.25, 0.3) is 0 Å². The van der Waals surface area contributed by atoms with Crippen LogP contribution in [0.2, 0.25) is 0 Å². The van der Waals surface area contributed by atoms with Crippen molar-refractivity contribution in [2.24, 2.45) is 5.41 Å². The molecule has 9 heteroatoms. The van der Waals surface area contributed by atoms with E-state index in [9.17, 15) is 14.7 Å². The second-order valence-electron chi connectivity index (χ2n) is 8.33. The van der Waals surface area contributed by atoms with Gasteiger partial charge in [0.05, 0.1) is 15.8 Å². The Balaban J connectivity index is 1.89. The summed E-state index contributed by atoms with van der Waals surface area (Å²) in [4.78, 5) is 25.4. The average molecular weight is 603 g/mol. The number of nitrogen functional groups attached to an aromatic ring is 1. The highest BCUT2D eigenvalue weighted by molar-refractivity contribution is 9.11. The van der Waals surface area contributed by atoms with Crippen molar-refractivity contribution in [2.45, 2.75) is 20.0 Å². The Hall–Kier alpha value is -3.30. The Labute approximate surface area is 220 Å². The number of para-hydroxylation sites is 3. The molecule has 0 unspecified atom stereocenters. The molecular formula is C26H25Br2N3O4. The van der Waals surface area contributed by atoms with Crippen molar-refractivity contribution in [3.05, 3.63) is 93.4 Å². The Morgan fingerprint density at radius 1 is 1.03 bits per heavy atom. The summed E-state index contributed by atoms with van der Waals surface area (Å²) in [5.41, 5.74) is 6.83. The highest BCUT2D eigenvalue weighted by atomic mass is 79.9. The first-order valence-corrected chi connectivity index (χ1v) is 12.2. The zero-order chi connectivity index (χ0) is 25.6. The third kappa shape index (κ3) is 7.10. The van der Waals surface area contributed by atoms with E-state index in [1.807, 2.05) is 6.07 Å². The first-order chi connectivity index (χ1) is 16.6. The molecule has 0 aromatic heterocycles. The number of halogens is 2. The third-order valence-electron chi connectivity index (χ3n) is 5.14. The second kappa shape index (κ2) is 11.4. The summed E-state index contributed by atoms with van der Waals surface area (Å²) >= 11 is 6.74. The molecule has 0 fully saturated rings. The van der Waals surface area contributed by atoms with E-state index < -0.39 is 23.5 Å². The van der Waals surface area contributed by atoms with Gasteiger partial charge in [-0.1, -0.05) is 66.2 Å². The molecule has 3 aromatic carbocycles. The van der Waals surface area contributed by atoms with Crippen LogP contribution in [-0.4, -0.2) is 17.1 Å². The summed E-state index contributed by atoms with van der Waals surface area (Å²) in [5, 5.41) is 16.2. The molecule has 3 rings (SSSR count). The largest absolute Gasteiger partial charge is 0.506 e. The molecule has 182 valence electrons. The monoisotopic (exact) mass is 601 g/mol. The summed E-state index contributed by atoms with van der Waals surface area (Å²) in [7, 11) is 0. The van der Waals surface area contributed by atoms with Crippen molar-refractivity contribution >= 4 is 60.9 Å². The van der Waals surface area contributed by atoms with Crippen LogP contribution in [0.1, 0.15) is 25.5 Å². The maximum Gasteiger partial charge on any atom is 0.412 e. The number of nitrogens with two attached hydrogens (primary N) is 1. The SMILES string of the molecule is CC(C)(/C=C/C(=O)Nc1ccccc1N)[C@@H](OC(=O)Nc1ccccc1)c1cc(Br)cc(Br)c1O. The molecule has 1 atom stereocenters. The van der Waals surface area contributed by atoms with Crippen LogP contribution < -0.4 is 16.4 Å². The predicted molar refractivity (Wildman–Crippen MR) is 145 cm³/mol. The van der Waals surface area contributed by atoms with E-state index in [0.29, 0.717) is 31.6 Å². The topological polar surface area (TPSA) is 114 Å². The van der Waals surface area contributed by atoms with E-state index in [-0.39, 0.29) is 5.75 Å². The molecule has 0 saturated carbocycles. The van der Waals surface area contributed by atoms with E-state index in [0.717, 1.165) is 0 Å². The van der Waals surface area contributed by atoms with Crippen LogP contribution >= 0.6 is 31.9 Å². The van der Waals surface area contributed by atoms with Gasteiger partial charge in [0.2, 0.25) is 5.91 Å². The van der Waals surface area contributed by atoms with Gasteiger partial charge in [-0.3, -0.25) is 10.1 Å². The number of phenols is 1. The average Bonchev–Trinajstić information content (AvgIpc) is 2.81. The number of hydrogen-bond donors (Lipinski definition) is 4. The van der Waals surface area contributed by atoms with Gasteiger partial charge in [0.25, 0.3) is 0 Å². The number of phenolic OH excluding ortho intramolecular Hbond substituents is 1. The fourth-order valence-electron chi connectivity index (χ4n) is 3.34. The van der Waals surface area contributed by atoms with Gasteiger partial charge in [-0.25, -0.2) is 4.79 Å². The van der Waals surface area contributed by atoms with Crippen LogP contribution in [0.4, 0.5) is 21.9 Å². The summed E-state index contributed by atoms with van der Waals surface area (Å²) in [6, 6.07) is 19.1. The van der Waals surface area contributed by atoms with E-state index in [2.05, 4.69) is 42.5 Å². The molecule has 0 heterocycles. The molecule has 0 aliphatic rings. The van der Waals surface area contributed by atoms with Crippen molar-refractivity contribution in [1.29, 1.82) is 0 Å². The highest BCUT2D eigenvalue weighted by Gasteiger charge is 2.35. The van der Waals surface area contributed by atoms with Crippen molar-refractivity contribution < 1.29 is 19.4 Å². The maximum absolute atomic E-state index is 12.8. The van der Waals surface area contributed by atoms with Crippen molar-refractivity contribution in [3.8, 4) is 5.75 Å². The smallest absolute Gasteiger partial charge is 0.412 e. The minimum absolute atomic E-state index is 0.0753. The molecular weight excluding hydrogens is 578 g/mol. The lowest BCUT2D eigenvalue weighted by Gasteiger charge is -2.32. The van der Waals surface area contributed by atoms with Crippen molar-refractivity contribution in [2.75, 3.05) is 16.4 Å². The first kappa shape index (κ1) is 26.3. The van der Waals surface area contributed by atoms with Crippen LogP contribution in [0.5, 0.6) is 5.75 Å². The number of nitrogens with one attached hydrogen (secondary N) is 2. The molecule has 0 aliphatic heterocycles. The van der Waals surface area contributed by atoms with E-state index in [1.54, 1.807) is 80.6 Å². The number of anilines is 3. The van der Waals surface area contributed by atoms with Crippen LogP contribution in [-0.2, 0) is 9.53 Å². The zero-order valence-electron chi connectivity index (χ0n) is 19.1. The number of benzene rings is 3. The zero-order valence-corrected chi connectivity index (χ0v) is 22.3. The lowest BCUT2D eigenvalue weighted by Crippen LogP contribution is -2.28. The number of hydrogen-bond acceptors (Lipinski definition) is 5. The van der Waals surface area contributed by atoms with Crippen molar-refractivity contribution in [3.63, 3.8) is 0 Å². The first-order valence-electron chi connectivity index (χ1n) is 10.6. The predicted octanol–water partition coefficient (Wildman–Crippen LogP) is 7.01. The van der Waals surface area contributed by atoms with Gasteiger partial charge in [0.15, 0.2) is 0 Å². The second-order valence-corrected chi connectivity index (χ2v) is 10.1. The molecule has 0 aliphatic carbocycles. The summed E-state index contributed by atoms with van der Waals surface area (Å²) in [5.74, 6) is -0.475. The number of ether oxygens (including phenoxy) is 1.